The first-order chi connectivity index (χ1) is 7.46. The van der Waals surface area contributed by atoms with Crippen LogP contribution in [0.25, 0.3) is 0 Å². The molecule has 3 heteroatoms. The lowest BCUT2D eigenvalue weighted by Gasteiger charge is -2.35. The zero-order chi connectivity index (χ0) is 11.8. The molecule has 0 aliphatic carbocycles. The predicted molar refractivity (Wildman–Crippen MR) is 66.4 cm³/mol. The predicted octanol–water partition coefficient (Wildman–Crippen LogP) is 3.35. The van der Waals surface area contributed by atoms with Gasteiger partial charge >= 0.3 is 6.92 Å². The monoisotopic (exact) mass is 218 g/mol. The first-order valence-electron chi connectivity index (χ1n) is 5.84. The minimum Gasteiger partial charge on any atom is -0.304 e. The van der Waals surface area contributed by atoms with Gasteiger partial charge in [-0.05, 0) is 12.5 Å². The Morgan fingerprint density at radius 2 is 1.75 bits per heavy atom. The van der Waals surface area contributed by atoms with Crippen LogP contribution in [0, 0.1) is 0 Å². The van der Waals surface area contributed by atoms with Crippen molar-refractivity contribution in [1.29, 1.82) is 0 Å². The van der Waals surface area contributed by atoms with Gasteiger partial charge in [0.15, 0.2) is 0 Å². The molecule has 1 heterocycles. The van der Waals surface area contributed by atoms with E-state index < -0.39 is 0 Å². The molecule has 1 unspecified atom stereocenters. The highest BCUT2D eigenvalue weighted by atomic mass is 17.2. The topological polar surface area (TPSA) is 18.5 Å². The van der Waals surface area contributed by atoms with Crippen molar-refractivity contribution in [2.75, 3.05) is 0 Å². The van der Waals surface area contributed by atoms with Crippen molar-refractivity contribution in [1.82, 2.24) is 0 Å². The summed E-state index contributed by atoms with van der Waals surface area (Å²) in [7, 11) is 0. The van der Waals surface area contributed by atoms with Gasteiger partial charge < -0.3 is 4.81 Å². The molecule has 0 N–H and O–H groups in total. The summed E-state index contributed by atoms with van der Waals surface area (Å²) in [5.41, 5.74) is 1.03. The summed E-state index contributed by atoms with van der Waals surface area (Å²) >= 11 is 0. The van der Waals surface area contributed by atoms with Crippen molar-refractivity contribution in [3.63, 3.8) is 0 Å². The molecule has 2 rings (SSSR count). The molecule has 0 amide bonds. The summed E-state index contributed by atoms with van der Waals surface area (Å²) in [5, 5.41) is 0.0167. The third-order valence-corrected chi connectivity index (χ3v) is 4.14. The summed E-state index contributed by atoms with van der Waals surface area (Å²) in [6, 6.07) is 10.4. The molecule has 0 spiro atoms. The molecular formula is C13H19BO2. The minimum absolute atomic E-state index is 0.0167. The Morgan fingerprint density at radius 3 is 2.25 bits per heavy atom. The second-order valence-corrected chi connectivity index (χ2v) is 5.44. The molecule has 1 saturated heterocycles. The fourth-order valence-corrected chi connectivity index (χ4v) is 2.08. The molecule has 1 fully saturated rings. The van der Waals surface area contributed by atoms with E-state index in [2.05, 4.69) is 51.9 Å². The molecule has 86 valence electrons. The van der Waals surface area contributed by atoms with Gasteiger partial charge in [-0.25, -0.2) is 4.89 Å². The third-order valence-electron chi connectivity index (χ3n) is 4.14. The van der Waals surface area contributed by atoms with Gasteiger partial charge in [-0.3, -0.25) is 0 Å². The maximum atomic E-state index is 5.57. The lowest BCUT2D eigenvalue weighted by molar-refractivity contribution is -0.268. The molecule has 0 saturated carbocycles. The molecule has 1 atom stereocenters. The zero-order valence-electron chi connectivity index (χ0n) is 10.5. The van der Waals surface area contributed by atoms with Gasteiger partial charge in [0, 0.05) is 11.7 Å². The first kappa shape index (κ1) is 11.7. The number of benzene rings is 1. The first-order valence-corrected chi connectivity index (χ1v) is 5.84. The smallest absolute Gasteiger partial charge is 0.304 e. The number of rotatable bonds is 2. The Labute approximate surface area is 98.0 Å². The summed E-state index contributed by atoms with van der Waals surface area (Å²) in [5.74, 6) is 0. The highest BCUT2D eigenvalue weighted by Gasteiger charge is 2.55. The van der Waals surface area contributed by atoms with E-state index >= 15 is 0 Å². The summed E-state index contributed by atoms with van der Waals surface area (Å²) in [6.45, 7) is 8.72. The van der Waals surface area contributed by atoms with E-state index in [1.54, 1.807) is 0 Å². The average Bonchev–Trinajstić information content (AvgIpc) is 2.44. The molecule has 1 aromatic carbocycles. The lowest BCUT2D eigenvalue weighted by Crippen LogP contribution is -2.40. The molecular weight excluding hydrogens is 199 g/mol. The van der Waals surface area contributed by atoms with Crippen molar-refractivity contribution in [2.24, 2.45) is 0 Å². The second kappa shape index (κ2) is 3.90. The van der Waals surface area contributed by atoms with Gasteiger partial charge in [-0.2, -0.15) is 0 Å². The largest absolute Gasteiger partial charge is 0.345 e. The summed E-state index contributed by atoms with van der Waals surface area (Å²) in [4.78, 5) is 10.9. The molecule has 0 radical (unpaired) electrons. The molecule has 0 aromatic heterocycles. The van der Waals surface area contributed by atoms with Crippen molar-refractivity contribution in [3.05, 3.63) is 35.9 Å². The van der Waals surface area contributed by atoms with Crippen LogP contribution in [-0.2, 0) is 16.1 Å². The lowest BCUT2D eigenvalue weighted by atomic mass is 9.43. The maximum Gasteiger partial charge on any atom is 0.345 e. The van der Waals surface area contributed by atoms with Crippen LogP contribution in [0.5, 0.6) is 0 Å². The Kier molecular flexibility index (Phi) is 2.85. The molecule has 1 aromatic rings. The van der Waals surface area contributed by atoms with Gasteiger partial charge in [-0.1, -0.05) is 51.0 Å². The van der Waals surface area contributed by atoms with E-state index in [1.165, 1.54) is 5.56 Å². The maximum absolute atomic E-state index is 5.57. The van der Waals surface area contributed by atoms with Crippen LogP contribution >= 0.6 is 0 Å². The van der Waals surface area contributed by atoms with Gasteiger partial charge in [0.1, 0.15) is 5.60 Å². The Balaban J connectivity index is 2.21. The van der Waals surface area contributed by atoms with Crippen LogP contribution in [0.15, 0.2) is 30.3 Å². The van der Waals surface area contributed by atoms with Crippen molar-refractivity contribution in [3.8, 4) is 0 Å². The Morgan fingerprint density at radius 1 is 1.12 bits per heavy atom. The third kappa shape index (κ3) is 1.78. The van der Waals surface area contributed by atoms with Crippen LogP contribution in [0.4, 0.5) is 0 Å². The van der Waals surface area contributed by atoms with Crippen LogP contribution in [0.3, 0.4) is 0 Å². The average molecular weight is 218 g/mol. The van der Waals surface area contributed by atoms with Crippen LogP contribution in [0.2, 0.25) is 12.1 Å². The Bertz CT molecular complexity index is 363. The van der Waals surface area contributed by atoms with Crippen molar-refractivity contribution >= 4 is 6.92 Å². The van der Waals surface area contributed by atoms with Crippen LogP contribution in [-0.4, -0.2) is 12.5 Å². The minimum atomic E-state index is -0.256. The number of hydrogen-bond acceptors (Lipinski definition) is 2. The fraction of sp³-hybridized carbons (Fsp3) is 0.538. The quantitative estimate of drug-likeness (QED) is 0.559. The van der Waals surface area contributed by atoms with E-state index in [4.69, 9.17) is 9.69 Å². The molecule has 16 heavy (non-hydrogen) atoms. The highest BCUT2D eigenvalue weighted by molar-refractivity contribution is 6.54. The van der Waals surface area contributed by atoms with E-state index in [9.17, 15) is 0 Å². The highest BCUT2D eigenvalue weighted by Crippen LogP contribution is 2.50. The molecule has 1 aliphatic rings. The number of hydrogen-bond donors (Lipinski definition) is 0. The van der Waals surface area contributed by atoms with Crippen molar-refractivity contribution < 1.29 is 9.69 Å². The standard InChI is InChI=1S/C13H19BO2/c1-12(2)13(3,15-16-14(12)4)10-11-8-6-5-7-9-11/h5-9H,10H2,1-4H3. The molecule has 1 aliphatic heterocycles. The van der Waals surface area contributed by atoms with E-state index in [-0.39, 0.29) is 17.8 Å². The second-order valence-electron chi connectivity index (χ2n) is 5.44. The van der Waals surface area contributed by atoms with Gasteiger partial charge in [-0.15, -0.1) is 0 Å². The van der Waals surface area contributed by atoms with Crippen LogP contribution in [0.1, 0.15) is 26.3 Å². The van der Waals surface area contributed by atoms with Gasteiger partial charge in [0.2, 0.25) is 0 Å². The molecule has 0 bridgehead atoms. The van der Waals surface area contributed by atoms with Gasteiger partial charge in [0.05, 0.1) is 0 Å². The van der Waals surface area contributed by atoms with E-state index in [0.29, 0.717) is 0 Å². The summed E-state index contributed by atoms with van der Waals surface area (Å²) < 4.78 is 0. The van der Waals surface area contributed by atoms with E-state index in [0.717, 1.165) is 6.42 Å². The zero-order valence-corrected chi connectivity index (χ0v) is 10.5. The van der Waals surface area contributed by atoms with Gasteiger partial charge in [0.25, 0.3) is 0 Å². The van der Waals surface area contributed by atoms with Crippen LogP contribution < -0.4 is 0 Å². The fourth-order valence-electron chi connectivity index (χ4n) is 2.08. The SMILES string of the molecule is CB1OOC(C)(Cc2ccccc2)C1(C)C. The summed E-state index contributed by atoms with van der Waals surface area (Å²) in [6.07, 6.45) is 0.880. The van der Waals surface area contributed by atoms with E-state index in [1.807, 2.05) is 6.07 Å². The van der Waals surface area contributed by atoms with Crippen molar-refractivity contribution in [2.45, 2.75) is 44.9 Å². The molecule has 2 nitrogen and oxygen atoms in total. The Hall–Kier alpha value is -0.795. The normalized spacial score (nSPS) is 28.4.